The second-order valence-electron chi connectivity index (χ2n) is 4.60. The number of esters is 1. The highest BCUT2D eigenvalue weighted by Crippen LogP contribution is 2.18. The molecule has 128 valence electrons. The van der Waals surface area contributed by atoms with Gasteiger partial charge in [-0.2, -0.15) is 5.10 Å². The third-order valence-corrected chi connectivity index (χ3v) is 2.90. The molecule has 0 fully saturated rings. The van der Waals surface area contributed by atoms with Crippen LogP contribution in [0.1, 0.15) is 6.92 Å². The number of hydrogen-bond acceptors (Lipinski definition) is 5. The fraction of sp³-hybridized carbons (Fsp3) is 0.267. The van der Waals surface area contributed by atoms with Crippen molar-refractivity contribution < 1.29 is 27.8 Å². The molecule has 0 radical (unpaired) electrons. The molecule has 7 nitrogen and oxygen atoms in total. The molecule has 2 aromatic rings. The molecule has 1 amide bonds. The Morgan fingerprint density at radius 1 is 1.29 bits per heavy atom. The van der Waals surface area contributed by atoms with E-state index in [1.165, 1.54) is 10.9 Å². The molecule has 24 heavy (non-hydrogen) atoms. The van der Waals surface area contributed by atoms with E-state index in [9.17, 15) is 18.4 Å². The van der Waals surface area contributed by atoms with Gasteiger partial charge in [-0.05, 0) is 25.1 Å². The van der Waals surface area contributed by atoms with Crippen LogP contribution in [0.15, 0.2) is 36.7 Å². The van der Waals surface area contributed by atoms with Gasteiger partial charge in [-0.1, -0.05) is 6.07 Å². The minimum atomic E-state index is -1.32. The summed E-state index contributed by atoms with van der Waals surface area (Å²) in [6.07, 6.45) is 0.532. The van der Waals surface area contributed by atoms with Crippen LogP contribution in [0, 0.1) is 11.6 Å². The van der Waals surface area contributed by atoms with Crippen LogP contribution < -0.4 is 5.32 Å². The largest absolute Gasteiger partial charge is 0.463 e. The second-order valence-corrected chi connectivity index (χ2v) is 4.60. The number of hydrogen-bond donors (Lipinski definition) is 1. The smallest absolute Gasteiger partial charge is 0.412 e. The highest BCUT2D eigenvalue weighted by atomic mass is 19.1. The van der Waals surface area contributed by atoms with Gasteiger partial charge >= 0.3 is 12.1 Å². The third kappa shape index (κ3) is 4.51. The molecule has 1 N–H and O–H groups in total. The molecule has 1 unspecified atom stereocenters. The summed E-state index contributed by atoms with van der Waals surface area (Å²) >= 11 is 0. The summed E-state index contributed by atoms with van der Waals surface area (Å²) in [6, 6.07) is 4.73. The second kappa shape index (κ2) is 8.04. The van der Waals surface area contributed by atoms with Crippen molar-refractivity contribution in [2.75, 3.05) is 11.9 Å². The molecule has 0 aliphatic heterocycles. The van der Waals surface area contributed by atoms with Crippen molar-refractivity contribution in [2.24, 2.45) is 0 Å². The molecule has 0 saturated heterocycles. The van der Waals surface area contributed by atoms with Crippen LogP contribution in [0.25, 0.3) is 0 Å². The van der Waals surface area contributed by atoms with Gasteiger partial charge in [0, 0.05) is 12.4 Å². The Morgan fingerprint density at radius 2 is 2.00 bits per heavy atom. The van der Waals surface area contributed by atoms with Crippen LogP contribution in [0.3, 0.4) is 0 Å². The predicted molar refractivity (Wildman–Crippen MR) is 79.1 cm³/mol. The first-order valence-corrected chi connectivity index (χ1v) is 7.07. The number of anilines is 1. The van der Waals surface area contributed by atoms with E-state index < -0.39 is 35.5 Å². The Labute approximate surface area is 136 Å². The highest BCUT2D eigenvalue weighted by molar-refractivity contribution is 5.87. The van der Waals surface area contributed by atoms with Crippen LogP contribution in [0.4, 0.5) is 19.3 Å². The standard InChI is InChI=1S/C15H15F2N3O4/c1-2-23-14(21)12(9-20-8-4-7-18-20)24-15(22)19-13-10(16)5-3-6-11(13)17/h3-8,12H,2,9H2,1H3,(H,19,22). The van der Waals surface area contributed by atoms with Gasteiger partial charge in [0.1, 0.15) is 17.3 Å². The van der Waals surface area contributed by atoms with Crippen LogP contribution in [0.5, 0.6) is 0 Å². The first kappa shape index (κ1) is 17.4. The molecule has 0 aliphatic rings. The number of halogens is 2. The summed E-state index contributed by atoms with van der Waals surface area (Å²) in [5, 5.41) is 5.83. The highest BCUT2D eigenvalue weighted by Gasteiger charge is 2.26. The van der Waals surface area contributed by atoms with Crippen molar-refractivity contribution >= 4 is 17.7 Å². The van der Waals surface area contributed by atoms with Crippen molar-refractivity contribution in [3.63, 3.8) is 0 Å². The van der Waals surface area contributed by atoms with E-state index in [1.54, 1.807) is 19.2 Å². The average molecular weight is 339 g/mol. The number of benzene rings is 1. The Kier molecular flexibility index (Phi) is 5.83. The van der Waals surface area contributed by atoms with E-state index in [4.69, 9.17) is 9.47 Å². The summed E-state index contributed by atoms with van der Waals surface area (Å²) in [5.74, 6) is -2.73. The Morgan fingerprint density at radius 3 is 2.58 bits per heavy atom. The number of para-hydroxylation sites is 1. The van der Waals surface area contributed by atoms with E-state index >= 15 is 0 Å². The van der Waals surface area contributed by atoms with Crippen molar-refractivity contribution in [2.45, 2.75) is 19.6 Å². The van der Waals surface area contributed by atoms with E-state index in [2.05, 4.69) is 5.10 Å². The SMILES string of the molecule is CCOC(=O)C(Cn1cccn1)OC(=O)Nc1c(F)cccc1F. The van der Waals surface area contributed by atoms with Gasteiger partial charge in [0.25, 0.3) is 0 Å². The number of ether oxygens (including phenoxy) is 2. The fourth-order valence-electron chi connectivity index (χ4n) is 1.85. The molecule has 1 atom stereocenters. The zero-order chi connectivity index (χ0) is 17.5. The first-order chi connectivity index (χ1) is 11.5. The maximum absolute atomic E-state index is 13.5. The van der Waals surface area contributed by atoms with E-state index in [1.807, 2.05) is 5.32 Å². The summed E-state index contributed by atoms with van der Waals surface area (Å²) in [7, 11) is 0. The molecule has 1 heterocycles. The minimum absolute atomic E-state index is 0.0847. The van der Waals surface area contributed by atoms with Crippen LogP contribution in [-0.4, -0.2) is 34.6 Å². The molecule has 0 saturated carbocycles. The molecular formula is C15H15F2N3O4. The summed E-state index contributed by atoms with van der Waals surface area (Å²) in [6.45, 7) is 1.58. The Bertz CT molecular complexity index is 686. The summed E-state index contributed by atoms with van der Waals surface area (Å²) < 4.78 is 38.1. The number of aromatic nitrogens is 2. The molecule has 0 bridgehead atoms. The number of nitrogens with zero attached hydrogens (tertiary/aromatic N) is 2. The quantitative estimate of drug-likeness (QED) is 0.817. The van der Waals surface area contributed by atoms with Gasteiger partial charge in [0.15, 0.2) is 0 Å². The lowest BCUT2D eigenvalue weighted by Crippen LogP contribution is -2.35. The van der Waals surface area contributed by atoms with Crippen molar-refractivity contribution in [3.8, 4) is 0 Å². The Hall–Kier alpha value is -2.97. The lowest BCUT2D eigenvalue weighted by Gasteiger charge is -2.17. The summed E-state index contributed by atoms with van der Waals surface area (Å²) in [5.41, 5.74) is -0.663. The molecule has 1 aromatic heterocycles. The van der Waals surface area contributed by atoms with E-state index in [-0.39, 0.29) is 13.2 Å². The molecule has 2 rings (SSSR count). The zero-order valence-corrected chi connectivity index (χ0v) is 12.7. The van der Waals surface area contributed by atoms with Crippen LogP contribution >= 0.6 is 0 Å². The zero-order valence-electron chi connectivity index (χ0n) is 12.7. The van der Waals surface area contributed by atoms with E-state index in [0.717, 1.165) is 18.2 Å². The third-order valence-electron chi connectivity index (χ3n) is 2.90. The van der Waals surface area contributed by atoms with Gasteiger partial charge in [-0.15, -0.1) is 0 Å². The van der Waals surface area contributed by atoms with Gasteiger partial charge < -0.3 is 9.47 Å². The van der Waals surface area contributed by atoms with Crippen molar-refractivity contribution in [1.29, 1.82) is 0 Å². The van der Waals surface area contributed by atoms with Crippen LogP contribution in [0.2, 0.25) is 0 Å². The van der Waals surface area contributed by atoms with Gasteiger partial charge in [-0.3, -0.25) is 10.00 Å². The number of amides is 1. The number of rotatable bonds is 6. The van der Waals surface area contributed by atoms with Gasteiger partial charge in [0.05, 0.1) is 13.2 Å². The fourth-order valence-corrected chi connectivity index (χ4v) is 1.85. The lowest BCUT2D eigenvalue weighted by molar-refractivity contribution is -0.153. The van der Waals surface area contributed by atoms with Crippen LogP contribution in [-0.2, 0) is 20.8 Å². The molecule has 0 spiro atoms. The average Bonchev–Trinajstić information content (AvgIpc) is 3.04. The van der Waals surface area contributed by atoms with Gasteiger partial charge in [-0.25, -0.2) is 18.4 Å². The number of carbonyl (C=O) groups excluding carboxylic acids is 2. The first-order valence-electron chi connectivity index (χ1n) is 7.07. The monoisotopic (exact) mass is 339 g/mol. The lowest BCUT2D eigenvalue weighted by atomic mass is 10.3. The van der Waals surface area contributed by atoms with Crippen molar-refractivity contribution in [1.82, 2.24) is 9.78 Å². The molecule has 1 aromatic carbocycles. The predicted octanol–water partition coefficient (Wildman–Crippen LogP) is 2.34. The molecule has 0 aliphatic carbocycles. The minimum Gasteiger partial charge on any atom is -0.463 e. The summed E-state index contributed by atoms with van der Waals surface area (Å²) in [4.78, 5) is 23.7. The Balaban J connectivity index is 2.07. The van der Waals surface area contributed by atoms with Gasteiger partial charge in [0.2, 0.25) is 6.10 Å². The molecule has 9 heteroatoms. The maximum Gasteiger partial charge on any atom is 0.412 e. The van der Waals surface area contributed by atoms with Crippen molar-refractivity contribution in [3.05, 3.63) is 48.3 Å². The topological polar surface area (TPSA) is 82.5 Å². The number of carbonyl (C=O) groups is 2. The number of nitrogens with one attached hydrogen (secondary N) is 1. The molecular weight excluding hydrogens is 324 g/mol. The normalized spacial score (nSPS) is 11.6. The van der Waals surface area contributed by atoms with E-state index in [0.29, 0.717) is 0 Å². The maximum atomic E-state index is 13.5.